The molecule has 0 saturated carbocycles. The lowest BCUT2D eigenvalue weighted by molar-refractivity contribution is 0.669. The lowest BCUT2D eigenvalue weighted by Gasteiger charge is -2.40. The van der Waals surface area contributed by atoms with Gasteiger partial charge in [-0.3, -0.25) is 4.57 Å². The summed E-state index contributed by atoms with van der Waals surface area (Å²) in [5.74, 6) is 0.898. The van der Waals surface area contributed by atoms with Crippen LogP contribution in [0.5, 0.6) is 0 Å². The van der Waals surface area contributed by atoms with Crippen molar-refractivity contribution in [2.45, 2.75) is 0 Å². The fourth-order valence-electron chi connectivity index (χ4n) is 9.52. The zero-order valence-corrected chi connectivity index (χ0v) is 29.4. The van der Waals surface area contributed by atoms with Gasteiger partial charge in [-0.1, -0.05) is 133 Å². The Balaban J connectivity index is 1.21. The zero-order valence-electron chi connectivity index (χ0n) is 29.4. The van der Waals surface area contributed by atoms with E-state index < -0.39 is 0 Å². The van der Waals surface area contributed by atoms with Crippen LogP contribution >= 0.6 is 0 Å². The molecule has 55 heavy (non-hydrogen) atoms. The van der Waals surface area contributed by atoms with Gasteiger partial charge in [-0.05, 0) is 52.3 Å². The van der Waals surface area contributed by atoms with E-state index in [-0.39, 0.29) is 6.71 Å². The van der Waals surface area contributed by atoms with Crippen LogP contribution in [0, 0.1) is 0 Å². The number of imidazole rings is 1. The van der Waals surface area contributed by atoms with Crippen LogP contribution in [0.1, 0.15) is 0 Å². The van der Waals surface area contributed by atoms with Gasteiger partial charge in [0.25, 0.3) is 6.71 Å². The molecule has 0 spiro atoms. The average Bonchev–Trinajstić information content (AvgIpc) is 3.94. The lowest BCUT2D eigenvalue weighted by Crippen LogP contribution is -2.60. The highest BCUT2D eigenvalue weighted by Crippen LogP contribution is 2.46. The summed E-state index contributed by atoms with van der Waals surface area (Å²) < 4.78 is 15.7. The Morgan fingerprint density at radius 3 is 1.91 bits per heavy atom. The number of rotatable bonds is 3. The Labute approximate surface area is 315 Å². The third-order valence-corrected chi connectivity index (χ3v) is 11.8. The smallest absolute Gasteiger partial charge is 0.252 e. The highest BCUT2D eigenvalue weighted by Gasteiger charge is 2.44. The van der Waals surface area contributed by atoms with E-state index >= 15 is 0 Å². The molecule has 2 aliphatic heterocycles. The summed E-state index contributed by atoms with van der Waals surface area (Å²) >= 11 is 0. The fraction of sp³-hybridized carbons (Fsp3) is 0. The number of hydrogen-bond donors (Lipinski definition) is 0. The summed E-state index contributed by atoms with van der Waals surface area (Å²) in [6.07, 6.45) is 0. The first-order chi connectivity index (χ1) is 27.3. The number of para-hydroxylation sites is 3. The maximum atomic E-state index is 6.69. The normalized spacial score (nSPS) is 13.0. The van der Waals surface area contributed by atoms with Crippen molar-refractivity contribution in [3.63, 3.8) is 0 Å². The van der Waals surface area contributed by atoms with Gasteiger partial charge < -0.3 is 13.7 Å². The molecule has 0 aliphatic carbocycles. The SMILES string of the molecule is c1ccc(-c2ccccc2N2c3cc4oc5ccccc5c4cc3B3c4c2cccc4-n2c(-c4ccccc4)nc4c5oc6ccccc6c5cc3c42)cc1. The van der Waals surface area contributed by atoms with E-state index in [4.69, 9.17) is 13.8 Å². The molecular weight excluding hydrogens is 673 g/mol. The summed E-state index contributed by atoms with van der Waals surface area (Å²) in [5, 5.41) is 4.40. The molecular formula is C49H28BN3O2. The number of aromatic nitrogens is 2. The van der Waals surface area contributed by atoms with Gasteiger partial charge in [0.1, 0.15) is 28.1 Å². The minimum Gasteiger partial charge on any atom is -0.456 e. The minimum absolute atomic E-state index is 0.0900. The van der Waals surface area contributed by atoms with E-state index in [1.807, 2.05) is 12.1 Å². The quantitative estimate of drug-likeness (QED) is 0.172. The molecule has 0 radical (unpaired) electrons. The van der Waals surface area contributed by atoms with Crippen LogP contribution in [0.3, 0.4) is 0 Å². The number of anilines is 3. The van der Waals surface area contributed by atoms with Crippen LogP contribution in [0.2, 0.25) is 0 Å². The van der Waals surface area contributed by atoms with Crippen LogP contribution < -0.4 is 21.3 Å². The number of nitrogens with zero attached hydrogens (tertiary/aromatic N) is 3. The molecule has 0 unspecified atom stereocenters. The van der Waals surface area contributed by atoms with E-state index in [1.54, 1.807) is 0 Å². The molecule has 5 heterocycles. The molecule has 3 aromatic heterocycles. The van der Waals surface area contributed by atoms with E-state index in [9.17, 15) is 0 Å². The summed E-state index contributed by atoms with van der Waals surface area (Å²) in [7, 11) is 0. The van der Waals surface area contributed by atoms with Crippen molar-refractivity contribution in [3.05, 3.63) is 170 Å². The van der Waals surface area contributed by atoms with Crippen molar-refractivity contribution in [1.29, 1.82) is 0 Å². The van der Waals surface area contributed by atoms with E-state index in [0.717, 1.165) is 94.6 Å². The van der Waals surface area contributed by atoms with Crippen molar-refractivity contribution >= 4 is 95.1 Å². The molecule has 13 rings (SSSR count). The number of fused-ring (bicyclic) bond motifs is 11. The summed E-state index contributed by atoms with van der Waals surface area (Å²) in [6.45, 7) is -0.0900. The predicted molar refractivity (Wildman–Crippen MR) is 226 cm³/mol. The van der Waals surface area contributed by atoms with E-state index in [0.29, 0.717) is 0 Å². The molecule has 0 N–H and O–H groups in total. The van der Waals surface area contributed by atoms with Gasteiger partial charge in [-0.2, -0.15) is 0 Å². The third-order valence-electron chi connectivity index (χ3n) is 11.8. The Hall–Kier alpha value is -7.31. The Bertz CT molecular complexity index is 3400. The monoisotopic (exact) mass is 701 g/mol. The number of furan rings is 2. The third kappa shape index (κ3) is 3.85. The molecule has 8 aromatic carbocycles. The minimum atomic E-state index is -0.0900. The lowest BCUT2D eigenvalue weighted by atomic mass is 9.33. The first kappa shape index (κ1) is 29.2. The summed E-state index contributed by atoms with van der Waals surface area (Å²) in [5.41, 5.74) is 17.0. The second-order valence-electron chi connectivity index (χ2n) is 14.6. The van der Waals surface area contributed by atoms with Gasteiger partial charge >= 0.3 is 0 Å². The second kappa shape index (κ2) is 10.6. The maximum absolute atomic E-state index is 6.69. The summed E-state index contributed by atoms with van der Waals surface area (Å²) in [6, 6.07) is 60.5. The summed E-state index contributed by atoms with van der Waals surface area (Å²) in [4.78, 5) is 7.97. The first-order valence-electron chi connectivity index (χ1n) is 18.8. The van der Waals surface area contributed by atoms with E-state index in [1.165, 1.54) is 22.0 Å². The highest BCUT2D eigenvalue weighted by atomic mass is 16.3. The Morgan fingerprint density at radius 2 is 1.09 bits per heavy atom. The topological polar surface area (TPSA) is 47.3 Å². The van der Waals surface area contributed by atoms with Crippen LogP contribution in [0.4, 0.5) is 17.1 Å². The molecule has 6 heteroatoms. The molecule has 5 nitrogen and oxygen atoms in total. The maximum Gasteiger partial charge on any atom is 0.252 e. The van der Waals surface area contributed by atoms with Gasteiger partial charge in [0.05, 0.1) is 11.2 Å². The fourth-order valence-corrected chi connectivity index (χ4v) is 9.52. The van der Waals surface area contributed by atoms with Gasteiger partial charge in [0, 0.05) is 55.8 Å². The van der Waals surface area contributed by atoms with Gasteiger partial charge in [-0.15, -0.1) is 0 Å². The molecule has 0 saturated heterocycles. The predicted octanol–water partition coefficient (Wildman–Crippen LogP) is 10.8. The van der Waals surface area contributed by atoms with Gasteiger partial charge in [0.15, 0.2) is 5.58 Å². The molecule has 254 valence electrons. The highest BCUT2D eigenvalue weighted by molar-refractivity contribution is 7.00. The van der Waals surface area contributed by atoms with Crippen molar-refractivity contribution in [2.75, 3.05) is 4.90 Å². The van der Waals surface area contributed by atoms with Crippen molar-refractivity contribution < 1.29 is 8.83 Å². The van der Waals surface area contributed by atoms with Crippen LogP contribution in [-0.4, -0.2) is 16.3 Å². The zero-order chi connectivity index (χ0) is 35.8. The van der Waals surface area contributed by atoms with Crippen molar-refractivity contribution in [1.82, 2.24) is 9.55 Å². The number of benzene rings is 8. The number of hydrogen-bond acceptors (Lipinski definition) is 4. The van der Waals surface area contributed by atoms with Gasteiger partial charge in [-0.25, -0.2) is 4.98 Å². The molecule has 11 aromatic rings. The molecule has 0 bridgehead atoms. The van der Waals surface area contributed by atoms with Crippen LogP contribution in [0.25, 0.3) is 83.1 Å². The Morgan fingerprint density at radius 1 is 0.455 bits per heavy atom. The largest absolute Gasteiger partial charge is 0.456 e. The van der Waals surface area contributed by atoms with Crippen LogP contribution in [0.15, 0.2) is 179 Å². The Kier molecular flexibility index (Phi) is 5.65. The van der Waals surface area contributed by atoms with Gasteiger partial charge in [0.2, 0.25) is 0 Å². The molecule has 0 atom stereocenters. The van der Waals surface area contributed by atoms with Crippen molar-refractivity contribution in [3.8, 4) is 28.2 Å². The average molecular weight is 702 g/mol. The van der Waals surface area contributed by atoms with Crippen molar-refractivity contribution in [2.24, 2.45) is 0 Å². The molecule has 0 amide bonds. The second-order valence-corrected chi connectivity index (χ2v) is 14.6. The molecule has 0 fully saturated rings. The van der Waals surface area contributed by atoms with Crippen LogP contribution in [-0.2, 0) is 0 Å². The molecule has 2 aliphatic rings. The van der Waals surface area contributed by atoms with E-state index in [2.05, 4.69) is 167 Å². The first-order valence-corrected chi connectivity index (χ1v) is 18.8. The standard InChI is InChI=1S/C49H28BN3O2/c1-3-14-29(15-4-1)31-18-7-10-21-38(31)52-39-22-13-23-40-45(39)50(36-26-34-32-19-8-11-24-42(32)54-44(34)28-41(36)52)37-27-35-33-20-9-12-25-43(33)55-48(35)46-47(37)53(40)49(51-46)30-16-5-2-6-17-30/h1-28H.